The van der Waals surface area contributed by atoms with E-state index in [1.54, 1.807) is 11.3 Å². The van der Waals surface area contributed by atoms with Crippen molar-refractivity contribution in [2.75, 3.05) is 5.75 Å². The zero-order chi connectivity index (χ0) is 20.0. The number of rotatable bonds is 8. The first-order valence-corrected chi connectivity index (χ1v) is 11.1. The third kappa shape index (κ3) is 6.21. The molecule has 3 rings (SSSR count). The van der Waals surface area contributed by atoms with E-state index in [2.05, 4.69) is 38.3 Å². The molecule has 0 amide bonds. The number of benzene rings is 1. The average Bonchev–Trinajstić information content (AvgIpc) is 3.28. The summed E-state index contributed by atoms with van der Waals surface area (Å²) in [6, 6.07) is 14.5. The Bertz CT molecular complexity index is 884. The van der Waals surface area contributed by atoms with Crippen molar-refractivity contribution in [3.63, 3.8) is 0 Å². The molecule has 5 nitrogen and oxygen atoms in total. The normalized spacial score (nSPS) is 11.5. The molecule has 0 spiro atoms. The quantitative estimate of drug-likeness (QED) is 0.397. The van der Waals surface area contributed by atoms with Gasteiger partial charge in [0, 0.05) is 17.8 Å². The number of thioether (sulfide) groups is 1. The number of nitrogens with zero attached hydrogens (tertiary/aromatic N) is 3. The van der Waals surface area contributed by atoms with Crippen LogP contribution in [0.15, 0.2) is 53.0 Å². The monoisotopic (exact) mass is 415 g/mol. The smallest absolute Gasteiger partial charge is 0.316 e. The highest BCUT2D eigenvalue weighted by molar-refractivity contribution is 7.99. The summed E-state index contributed by atoms with van der Waals surface area (Å²) >= 11 is 3.10. The Labute approximate surface area is 174 Å². The first kappa shape index (κ1) is 20.6. The van der Waals surface area contributed by atoms with Crippen LogP contribution in [0, 0.1) is 0 Å². The van der Waals surface area contributed by atoms with E-state index in [4.69, 9.17) is 4.74 Å². The molecule has 0 saturated carbocycles. The molecule has 0 aliphatic carbocycles. The molecule has 3 aromatic rings. The fourth-order valence-corrected chi connectivity index (χ4v) is 4.19. The zero-order valence-corrected chi connectivity index (χ0v) is 18.1. The van der Waals surface area contributed by atoms with Gasteiger partial charge in [-0.15, -0.1) is 21.5 Å². The molecule has 1 aromatic carbocycles. The van der Waals surface area contributed by atoms with Crippen molar-refractivity contribution >= 4 is 29.1 Å². The predicted octanol–water partition coefficient (Wildman–Crippen LogP) is 4.61. The summed E-state index contributed by atoms with van der Waals surface area (Å²) in [4.78, 5) is 13.3. The van der Waals surface area contributed by atoms with Crippen LogP contribution < -0.4 is 0 Å². The number of thiophene rings is 1. The van der Waals surface area contributed by atoms with Gasteiger partial charge in [0.15, 0.2) is 5.16 Å². The van der Waals surface area contributed by atoms with Crippen LogP contribution in [-0.4, -0.2) is 32.1 Å². The van der Waals surface area contributed by atoms with Gasteiger partial charge in [0.05, 0.1) is 5.75 Å². The highest BCUT2D eigenvalue weighted by Crippen LogP contribution is 2.22. The van der Waals surface area contributed by atoms with E-state index in [1.807, 2.05) is 45.0 Å². The molecule has 0 fully saturated rings. The van der Waals surface area contributed by atoms with Crippen molar-refractivity contribution in [3.8, 4) is 0 Å². The van der Waals surface area contributed by atoms with E-state index in [0.717, 1.165) is 30.4 Å². The lowest BCUT2D eigenvalue weighted by atomic mass is 10.1. The lowest BCUT2D eigenvalue weighted by Crippen LogP contribution is -2.25. The van der Waals surface area contributed by atoms with Gasteiger partial charge in [-0.3, -0.25) is 4.79 Å². The maximum atomic E-state index is 12.1. The Kier molecular flexibility index (Phi) is 6.91. The summed E-state index contributed by atoms with van der Waals surface area (Å²) in [5, 5.41) is 11.6. The summed E-state index contributed by atoms with van der Waals surface area (Å²) in [5.74, 6) is 0.903. The van der Waals surface area contributed by atoms with Crippen LogP contribution in [0.1, 0.15) is 37.0 Å². The molecule has 0 saturated heterocycles. The Morgan fingerprint density at radius 1 is 1.14 bits per heavy atom. The molecule has 2 aromatic heterocycles. The molecular formula is C21H25N3O2S2. The maximum Gasteiger partial charge on any atom is 0.316 e. The molecule has 2 heterocycles. The van der Waals surface area contributed by atoms with Crippen LogP contribution in [0.2, 0.25) is 0 Å². The number of hydrogen-bond acceptors (Lipinski definition) is 6. The number of ether oxygens (including phenoxy) is 1. The number of esters is 1. The van der Waals surface area contributed by atoms with Crippen LogP contribution in [0.4, 0.5) is 0 Å². The van der Waals surface area contributed by atoms with E-state index in [-0.39, 0.29) is 11.7 Å². The highest BCUT2D eigenvalue weighted by atomic mass is 32.2. The van der Waals surface area contributed by atoms with Crippen LogP contribution in [0.25, 0.3) is 0 Å². The second-order valence-corrected chi connectivity index (χ2v) is 9.39. The summed E-state index contributed by atoms with van der Waals surface area (Å²) in [6.45, 7) is 6.39. The highest BCUT2D eigenvalue weighted by Gasteiger charge is 2.19. The number of aryl methyl sites for hydroxylation is 1. The van der Waals surface area contributed by atoms with Gasteiger partial charge in [0.25, 0.3) is 0 Å². The van der Waals surface area contributed by atoms with Crippen molar-refractivity contribution in [1.29, 1.82) is 0 Å². The topological polar surface area (TPSA) is 57.0 Å². The van der Waals surface area contributed by atoms with Crippen LogP contribution >= 0.6 is 23.1 Å². The van der Waals surface area contributed by atoms with Gasteiger partial charge in [-0.1, -0.05) is 48.2 Å². The third-order valence-corrected chi connectivity index (χ3v) is 5.73. The van der Waals surface area contributed by atoms with Crippen LogP contribution in [-0.2, 0) is 28.9 Å². The molecule has 0 N–H and O–H groups in total. The molecule has 0 bridgehead atoms. The van der Waals surface area contributed by atoms with Crippen LogP contribution in [0.3, 0.4) is 0 Å². The maximum absolute atomic E-state index is 12.1. The minimum Gasteiger partial charge on any atom is -0.459 e. The molecule has 28 heavy (non-hydrogen) atoms. The molecule has 0 unspecified atom stereocenters. The molecule has 0 aliphatic rings. The molecule has 0 aliphatic heterocycles. The van der Waals surface area contributed by atoms with Gasteiger partial charge in [-0.05, 0) is 44.2 Å². The second kappa shape index (κ2) is 9.39. The summed E-state index contributed by atoms with van der Waals surface area (Å²) in [6.07, 6.45) is 1.63. The fourth-order valence-electron chi connectivity index (χ4n) is 2.73. The Morgan fingerprint density at radius 2 is 1.93 bits per heavy atom. The number of aromatic nitrogens is 3. The number of hydrogen-bond donors (Lipinski definition) is 0. The second-order valence-electron chi connectivity index (χ2n) is 7.42. The van der Waals surface area contributed by atoms with Gasteiger partial charge >= 0.3 is 5.97 Å². The van der Waals surface area contributed by atoms with Gasteiger partial charge in [0.2, 0.25) is 0 Å². The zero-order valence-electron chi connectivity index (χ0n) is 16.4. The number of carbonyl (C=O) groups excluding carboxylic acids is 1. The Hall–Kier alpha value is -2.12. The first-order chi connectivity index (χ1) is 13.4. The largest absolute Gasteiger partial charge is 0.459 e. The van der Waals surface area contributed by atoms with Gasteiger partial charge < -0.3 is 9.30 Å². The van der Waals surface area contributed by atoms with E-state index in [1.165, 1.54) is 22.2 Å². The standard InChI is InChI=1S/C21H25N3O2S2/c1-21(2,3)26-19(25)15-28-20-23-22-18(14-17-10-7-13-27-17)24(20)12-11-16-8-5-4-6-9-16/h4-10,13H,11-12,14-15H2,1-3H3. The lowest BCUT2D eigenvalue weighted by Gasteiger charge is -2.19. The average molecular weight is 416 g/mol. The first-order valence-electron chi connectivity index (χ1n) is 9.24. The fraction of sp³-hybridized carbons (Fsp3) is 0.381. The molecule has 148 valence electrons. The Morgan fingerprint density at radius 3 is 2.61 bits per heavy atom. The summed E-state index contributed by atoms with van der Waals surface area (Å²) in [5.41, 5.74) is 0.782. The molecule has 0 atom stereocenters. The lowest BCUT2D eigenvalue weighted by molar-refractivity contribution is -0.151. The van der Waals surface area contributed by atoms with E-state index in [9.17, 15) is 4.79 Å². The van der Waals surface area contributed by atoms with Crippen molar-refractivity contribution in [3.05, 3.63) is 64.1 Å². The Balaban J connectivity index is 1.72. The molecular weight excluding hydrogens is 390 g/mol. The van der Waals surface area contributed by atoms with E-state index in [0.29, 0.717) is 0 Å². The minimum atomic E-state index is -0.483. The van der Waals surface area contributed by atoms with Gasteiger partial charge in [-0.25, -0.2) is 0 Å². The van der Waals surface area contributed by atoms with Crippen molar-refractivity contribution in [1.82, 2.24) is 14.8 Å². The molecule has 7 heteroatoms. The summed E-state index contributed by atoms with van der Waals surface area (Å²) < 4.78 is 7.53. The van der Waals surface area contributed by atoms with Crippen molar-refractivity contribution in [2.24, 2.45) is 0 Å². The molecule has 0 radical (unpaired) electrons. The van der Waals surface area contributed by atoms with Crippen molar-refractivity contribution < 1.29 is 9.53 Å². The van der Waals surface area contributed by atoms with E-state index < -0.39 is 5.60 Å². The SMILES string of the molecule is CC(C)(C)OC(=O)CSc1nnc(Cc2cccs2)n1CCc1ccccc1. The van der Waals surface area contributed by atoms with E-state index >= 15 is 0 Å². The minimum absolute atomic E-state index is 0.222. The van der Waals surface area contributed by atoms with Gasteiger partial charge in [-0.2, -0.15) is 0 Å². The number of carbonyl (C=O) groups is 1. The van der Waals surface area contributed by atoms with Crippen LogP contribution in [0.5, 0.6) is 0 Å². The predicted molar refractivity (Wildman–Crippen MR) is 114 cm³/mol. The van der Waals surface area contributed by atoms with Crippen molar-refractivity contribution in [2.45, 2.75) is 50.9 Å². The summed E-state index contributed by atoms with van der Waals surface area (Å²) in [7, 11) is 0. The van der Waals surface area contributed by atoms with Gasteiger partial charge in [0.1, 0.15) is 11.4 Å². The third-order valence-electron chi connectivity index (χ3n) is 3.91.